The highest BCUT2D eigenvalue weighted by atomic mass is 35.5. The van der Waals surface area contributed by atoms with Gasteiger partial charge in [0, 0.05) is 16.5 Å². The normalized spacial score (nSPS) is 18.3. The summed E-state index contributed by atoms with van der Waals surface area (Å²) in [5, 5.41) is 6.89. The van der Waals surface area contributed by atoms with Crippen LogP contribution in [0, 0.1) is 11.8 Å². The summed E-state index contributed by atoms with van der Waals surface area (Å²) in [4.78, 5) is 26.0. The first-order chi connectivity index (χ1) is 14.9. The molecular formula is C26H41ClN2O3. The number of benzene rings is 1. The van der Waals surface area contributed by atoms with Gasteiger partial charge in [-0.15, -0.1) is 0 Å². The Hall–Kier alpha value is -1.75. The lowest BCUT2D eigenvalue weighted by atomic mass is 9.58. The molecule has 0 aliphatic heterocycles. The Morgan fingerprint density at radius 3 is 2.12 bits per heavy atom. The van der Waals surface area contributed by atoms with E-state index >= 15 is 0 Å². The predicted octanol–water partition coefficient (Wildman–Crippen LogP) is 6.23. The Labute approximate surface area is 199 Å². The zero-order valence-electron chi connectivity index (χ0n) is 20.8. The molecule has 2 rings (SSSR count). The minimum Gasteiger partial charge on any atom is -0.444 e. The van der Waals surface area contributed by atoms with Crippen LogP contribution in [0.25, 0.3) is 0 Å². The summed E-state index contributed by atoms with van der Waals surface area (Å²) >= 11 is 6.14. The van der Waals surface area contributed by atoms with Gasteiger partial charge in [-0.1, -0.05) is 64.3 Å². The van der Waals surface area contributed by atoms with Crippen LogP contribution in [0.5, 0.6) is 0 Å². The Morgan fingerprint density at radius 1 is 1.09 bits per heavy atom. The highest BCUT2D eigenvalue weighted by molar-refractivity contribution is 6.30. The monoisotopic (exact) mass is 464 g/mol. The van der Waals surface area contributed by atoms with Gasteiger partial charge < -0.3 is 15.4 Å². The second kappa shape index (κ2) is 10.9. The lowest BCUT2D eigenvalue weighted by Crippen LogP contribution is -2.59. The van der Waals surface area contributed by atoms with Crippen LogP contribution in [0.15, 0.2) is 24.3 Å². The van der Waals surface area contributed by atoms with Gasteiger partial charge in [0.2, 0.25) is 5.91 Å². The number of halogens is 1. The Bertz CT molecular complexity index is 766. The van der Waals surface area contributed by atoms with E-state index in [1.807, 2.05) is 46.8 Å². The molecule has 180 valence electrons. The average Bonchev–Trinajstić information content (AvgIpc) is 2.64. The van der Waals surface area contributed by atoms with E-state index in [0.717, 1.165) is 32.1 Å². The smallest absolute Gasteiger partial charge is 0.408 e. The highest BCUT2D eigenvalue weighted by Crippen LogP contribution is 2.48. The van der Waals surface area contributed by atoms with Gasteiger partial charge in [0.25, 0.3) is 0 Å². The molecule has 5 nitrogen and oxygen atoms in total. The summed E-state index contributed by atoms with van der Waals surface area (Å²) < 4.78 is 5.42. The molecule has 6 heteroatoms. The lowest BCUT2D eigenvalue weighted by molar-refractivity contribution is -0.126. The molecule has 3 unspecified atom stereocenters. The van der Waals surface area contributed by atoms with Crippen molar-refractivity contribution in [3.05, 3.63) is 34.9 Å². The molecule has 1 aliphatic carbocycles. The van der Waals surface area contributed by atoms with E-state index in [9.17, 15) is 9.59 Å². The van der Waals surface area contributed by atoms with Crippen molar-refractivity contribution in [1.29, 1.82) is 0 Å². The largest absolute Gasteiger partial charge is 0.444 e. The van der Waals surface area contributed by atoms with Crippen molar-refractivity contribution in [1.82, 2.24) is 10.6 Å². The third kappa shape index (κ3) is 6.87. The third-order valence-corrected chi connectivity index (χ3v) is 6.78. The van der Waals surface area contributed by atoms with E-state index in [4.69, 9.17) is 16.3 Å². The predicted molar refractivity (Wildman–Crippen MR) is 131 cm³/mol. The third-order valence-electron chi connectivity index (χ3n) is 6.52. The van der Waals surface area contributed by atoms with Crippen LogP contribution in [0.2, 0.25) is 5.02 Å². The molecule has 1 aliphatic rings. The molecular weight excluding hydrogens is 424 g/mol. The van der Waals surface area contributed by atoms with Crippen LogP contribution in [0.1, 0.15) is 86.1 Å². The van der Waals surface area contributed by atoms with Crippen LogP contribution in [0.4, 0.5) is 4.79 Å². The summed E-state index contributed by atoms with van der Waals surface area (Å²) in [6.07, 6.45) is 4.27. The van der Waals surface area contributed by atoms with Crippen molar-refractivity contribution in [2.75, 3.05) is 0 Å². The molecule has 2 amide bonds. The van der Waals surface area contributed by atoms with E-state index in [1.54, 1.807) is 0 Å². The molecule has 0 radical (unpaired) electrons. The maximum atomic E-state index is 13.5. The fraction of sp³-hybridized carbons (Fsp3) is 0.692. The summed E-state index contributed by atoms with van der Waals surface area (Å²) in [5.41, 5.74) is 0.501. The first-order valence-corrected chi connectivity index (χ1v) is 12.3. The minimum atomic E-state index is -0.646. The molecule has 1 aromatic rings. The summed E-state index contributed by atoms with van der Waals surface area (Å²) in [6, 6.07) is 7.37. The number of rotatable bonds is 9. The first-order valence-electron chi connectivity index (χ1n) is 11.9. The topological polar surface area (TPSA) is 67.4 Å². The van der Waals surface area contributed by atoms with Gasteiger partial charge in [-0.3, -0.25) is 4.79 Å². The van der Waals surface area contributed by atoms with Gasteiger partial charge in [-0.2, -0.15) is 0 Å². The molecule has 32 heavy (non-hydrogen) atoms. The number of ether oxygens (including phenoxy) is 1. The minimum absolute atomic E-state index is 0.0167. The molecule has 2 N–H and O–H groups in total. The summed E-state index contributed by atoms with van der Waals surface area (Å²) in [7, 11) is 0. The molecule has 1 fully saturated rings. The van der Waals surface area contributed by atoms with Gasteiger partial charge in [-0.25, -0.2) is 4.79 Å². The van der Waals surface area contributed by atoms with Crippen LogP contribution >= 0.6 is 11.6 Å². The number of carbonyl (C=O) groups is 2. The van der Waals surface area contributed by atoms with Crippen molar-refractivity contribution < 1.29 is 14.3 Å². The quantitative estimate of drug-likeness (QED) is 0.455. The van der Waals surface area contributed by atoms with Crippen LogP contribution in [0.3, 0.4) is 0 Å². The van der Waals surface area contributed by atoms with Gasteiger partial charge >= 0.3 is 6.09 Å². The molecule has 0 spiro atoms. The average molecular weight is 465 g/mol. The van der Waals surface area contributed by atoms with Crippen LogP contribution in [-0.4, -0.2) is 29.7 Å². The lowest BCUT2D eigenvalue weighted by Gasteiger charge is -2.49. The van der Waals surface area contributed by atoms with E-state index in [0.29, 0.717) is 10.9 Å². The molecule has 1 saturated carbocycles. The van der Waals surface area contributed by atoms with Crippen molar-refractivity contribution in [3.63, 3.8) is 0 Å². The Morgan fingerprint density at radius 2 is 1.69 bits per heavy atom. The van der Waals surface area contributed by atoms with Gasteiger partial charge in [0.15, 0.2) is 0 Å². The van der Waals surface area contributed by atoms with E-state index in [2.05, 4.69) is 36.6 Å². The van der Waals surface area contributed by atoms with Crippen molar-refractivity contribution >= 4 is 23.6 Å². The number of hydrogen-bond acceptors (Lipinski definition) is 3. The van der Waals surface area contributed by atoms with Crippen LogP contribution in [-0.2, 0) is 14.9 Å². The van der Waals surface area contributed by atoms with Gasteiger partial charge in [0.05, 0.1) is 0 Å². The number of alkyl carbamates (subject to hydrolysis) is 1. The molecule has 0 bridgehead atoms. The maximum Gasteiger partial charge on any atom is 0.408 e. The summed E-state index contributed by atoms with van der Waals surface area (Å²) in [6.45, 7) is 13.8. The van der Waals surface area contributed by atoms with Crippen molar-refractivity contribution in [2.24, 2.45) is 11.8 Å². The first kappa shape index (κ1) is 26.5. The van der Waals surface area contributed by atoms with Crippen molar-refractivity contribution in [3.8, 4) is 0 Å². The molecule has 0 aromatic heterocycles. The van der Waals surface area contributed by atoms with E-state index < -0.39 is 17.7 Å². The Balaban J connectivity index is 2.27. The molecule has 3 atom stereocenters. The number of hydrogen-bond donors (Lipinski definition) is 2. The standard InChI is InChI=1S/C26H41ClN2O3/c1-8-18(4)22(29-24(31)32-25(5,6)7)23(30)28-21(16-17(2)3)26(14-9-15-26)19-10-12-20(27)13-11-19/h10-13,17-18,21-22H,8-9,14-16H2,1-7H3,(H,28,30)(H,29,31). The molecule has 0 saturated heterocycles. The fourth-order valence-corrected chi connectivity index (χ4v) is 4.60. The van der Waals surface area contributed by atoms with Crippen LogP contribution < -0.4 is 10.6 Å². The SMILES string of the molecule is CCC(C)C(NC(=O)OC(C)(C)C)C(=O)NC(CC(C)C)C1(c2ccc(Cl)cc2)CCC1. The molecule has 1 aromatic carbocycles. The summed E-state index contributed by atoms with van der Waals surface area (Å²) in [5.74, 6) is 0.261. The van der Waals surface area contributed by atoms with E-state index in [1.165, 1.54) is 5.56 Å². The molecule has 0 heterocycles. The zero-order chi connectivity index (χ0) is 24.1. The fourth-order valence-electron chi connectivity index (χ4n) is 4.47. The maximum absolute atomic E-state index is 13.5. The van der Waals surface area contributed by atoms with Gasteiger partial charge in [-0.05, 0) is 69.6 Å². The second-order valence-corrected chi connectivity index (χ2v) is 11.2. The van der Waals surface area contributed by atoms with E-state index in [-0.39, 0.29) is 23.3 Å². The zero-order valence-corrected chi connectivity index (χ0v) is 21.5. The number of carbonyl (C=O) groups excluding carboxylic acids is 2. The number of amides is 2. The highest BCUT2D eigenvalue weighted by Gasteiger charge is 2.47. The van der Waals surface area contributed by atoms with Crippen molar-refractivity contribution in [2.45, 2.75) is 104 Å². The Kier molecular flexibility index (Phi) is 9.04. The number of nitrogens with one attached hydrogen (secondary N) is 2. The second-order valence-electron chi connectivity index (χ2n) is 10.7. The van der Waals surface area contributed by atoms with Gasteiger partial charge in [0.1, 0.15) is 11.6 Å².